The monoisotopic (exact) mass is 311 g/mol. The number of thiophene rings is 1. The van der Waals surface area contributed by atoms with Gasteiger partial charge in [0.15, 0.2) is 5.82 Å². The molecule has 0 saturated heterocycles. The highest BCUT2D eigenvalue weighted by Gasteiger charge is 2.17. The van der Waals surface area contributed by atoms with Crippen molar-refractivity contribution in [3.05, 3.63) is 17.5 Å². The number of nitrogens with zero attached hydrogens (tertiary/aromatic N) is 3. The number of thioether (sulfide) groups is 1. The van der Waals surface area contributed by atoms with Crippen molar-refractivity contribution in [1.82, 2.24) is 20.2 Å². The van der Waals surface area contributed by atoms with Crippen molar-refractivity contribution in [2.45, 2.75) is 31.5 Å². The molecule has 0 aromatic carbocycles. The molecule has 2 rings (SSSR count). The summed E-state index contributed by atoms with van der Waals surface area (Å²) in [6.45, 7) is 5.82. The highest BCUT2D eigenvalue weighted by Crippen LogP contribution is 2.24. The maximum Gasteiger partial charge on any atom is 0.230 e. The lowest BCUT2D eigenvalue weighted by Crippen LogP contribution is -2.41. The van der Waals surface area contributed by atoms with Gasteiger partial charge in [0.1, 0.15) is 0 Å². The van der Waals surface area contributed by atoms with Crippen LogP contribution in [0.15, 0.2) is 22.7 Å². The fourth-order valence-electron chi connectivity index (χ4n) is 1.53. The van der Waals surface area contributed by atoms with Crippen LogP contribution in [0.3, 0.4) is 0 Å². The van der Waals surface area contributed by atoms with E-state index >= 15 is 0 Å². The number of carbonyl (C=O) groups is 1. The lowest BCUT2D eigenvalue weighted by atomic mass is 10.1. The summed E-state index contributed by atoms with van der Waals surface area (Å²) in [4.78, 5) is 12.7. The molecule has 2 heterocycles. The summed E-state index contributed by atoms with van der Waals surface area (Å²) < 4.78 is 1.42. The third-order valence-corrected chi connectivity index (χ3v) is 4.06. The standard InChI is InChI=1S/C12H17N5OS2/c1-12(2,3)14-9(18)7-20-11-16-15-10(17(11)13)8-5-4-6-19-8/h4-6H,7,13H2,1-3H3,(H,14,18). The number of nitrogens with one attached hydrogen (secondary N) is 1. The molecule has 0 radical (unpaired) electrons. The van der Waals surface area contributed by atoms with E-state index in [2.05, 4.69) is 15.5 Å². The number of rotatable bonds is 4. The summed E-state index contributed by atoms with van der Waals surface area (Å²) in [6, 6.07) is 3.86. The van der Waals surface area contributed by atoms with Gasteiger partial charge in [-0.1, -0.05) is 17.8 Å². The van der Waals surface area contributed by atoms with E-state index in [9.17, 15) is 4.79 Å². The number of nitrogens with two attached hydrogens (primary N) is 1. The molecule has 0 unspecified atom stereocenters. The third kappa shape index (κ3) is 3.73. The molecule has 3 N–H and O–H groups in total. The second kappa shape index (κ2) is 5.84. The molecule has 0 fully saturated rings. The fraction of sp³-hybridized carbons (Fsp3) is 0.417. The Morgan fingerprint density at radius 2 is 2.25 bits per heavy atom. The highest BCUT2D eigenvalue weighted by atomic mass is 32.2. The minimum atomic E-state index is -0.240. The zero-order valence-corrected chi connectivity index (χ0v) is 13.2. The van der Waals surface area contributed by atoms with E-state index in [1.54, 1.807) is 11.3 Å². The second-order valence-corrected chi connectivity index (χ2v) is 7.13. The number of carbonyl (C=O) groups excluding carboxylic acids is 1. The first-order chi connectivity index (χ1) is 9.37. The molecule has 1 amide bonds. The van der Waals surface area contributed by atoms with Gasteiger partial charge in [-0.3, -0.25) is 4.79 Å². The van der Waals surface area contributed by atoms with Crippen molar-refractivity contribution < 1.29 is 4.79 Å². The van der Waals surface area contributed by atoms with Crippen molar-refractivity contribution in [2.75, 3.05) is 11.6 Å². The van der Waals surface area contributed by atoms with E-state index in [0.717, 1.165) is 4.88 Å². The molecule has 0 bridgehead atoms. The molecule has 0 aliphatic heterocycles. The van der Waals surface area contributed by atoms with Gasteiger partial charge >= 0.3 is 0 Å². The van der Waals surface area contributed by atoms with Crippen molar-refractivity contribution in [2.24, 2.45) is 0 Å². The molecular weight excluding hydrogens is 294 g/mol. The molecule has 2 aromatic rings. The van der Waals surface area contributed by atoms with Crippen LogP contribution >= 0.6 is 23.1 Å². The highest BCUT2D eigenvalue weighted by molar-refractivity contribution is 7.99. The van der Waals surface area contributed by atoms with Crippen molar-refractivity contribution in [3.8, 4) is 10.7 Å². The smallest absolute Gasteiger partial charge is 0.230 e. The maximum atomic E-state index is 11.8. The van der Waals surface area contributed by atoms with Crippen LogP contribution in [-0.4, -0.2) is 32.1 Å². The molecule has 0 spiro atoms. The Kier molecular flexibility index (Phi) is 4.34. The Labute approximate surface area is 125 Å². The molecule has 0 aliphatic rings. The van der Waals surface area contributed by atoms with E-state index in [1.807, 2.05) is 38.3 Å². The molecular formula is C12H17N5OS2. The van der Waals surface area contributed by atoms with Crippen molar-refractivity contribution >= 4 is 29.0 Å². The third-order valence-electron chi connectivity index (χ3n) is 2.25. The molecule has 20 heavy (non-hydrogen) atoms. The Hall–Kier alpha value is -1.54. The number of nitrogen functional groups attached to an aromatic ring is 1. The predicted octanol–water partition coefficient (Wildman–Crippen LogP) is 1.73. The summed E-state index contributed by atoms with van der Waals surface area (Å²) in [5.41, 5.74) is -0.240. The maximum absolute atomic E-state index is 11.8. The van der Waals surface area contributed by atoms with Gasteiger partial charge in [0.2, 0.25) is 11.1 Å². The van der Waals surface area contributed by atoms with Crippen LogP contribution < -0.4 is 11.2 Å². The summed E-state index contributed by atoms with van der Waals surface area (Å²) in [5.74, 6) is 6.77. The molecule has 108 valence electrons. The lowest BCUT2D eigenvalue weighted by Gasteiger charge is -2.20. The van der Waals surface area contributed by atoms with Crippen LogP contribution in [0.4, 0.5) is 0 Å². The summed E-state index contributed by atoms with van der Waals surface area (Å²) in [7, 11) is 0. The van der Waals surface area contributed by atoms with Crippen molar-refractivity contribution in [1.29, 1.82) is 0 Å². The normalized spacial score (nSPS) is 11.6. The zero-order valence-electron chi connectivity index (χ0n) is 11.6. The van der Waals surface area contributed by atoms with Crippen LogP contribution in [0.25, 0.3) is 10.7 Å². The van der Waals surface area contributed by atoms with Gasteiger partial charge < -0.3 is 11.2 Å². The molecule has 0 atom stereocenters. The Morgan fingerprint density at radius 1 is 1.50 bits per heavy atom. The van der Waals surface area contributed by atoms with Gasteiger partial charge in [0.25, 0.3) is 0 Å². The fourth-order valence-corrected chi connectivity index (χ4v) is 2.90. The van der Waals surface area contributed by atoms with Crippen LogP contribution in [-0.2, 0) is 4.79 Å². The van der Waals surface area contributed by atoms with Crippen molar-refractivity contribution in [3.63, 3.8) is 0 Å². The number of aromatic nitrogens is 3. The molecule has 2 aromatic heterocycles. The zero-order chi connectivity index (χ0) is 14.8. The Bertz CT molecular complexity index is 586. The van der Waals surface area contributed by atoms with Gasteiger partial charge in [-0.05, 0) is 32.2 Å². The molecule has 6 nitrogen and oxygen atoms in total. The summed E-state index contributed by atoms with van der Waals surface area (Å²) in [5, 5.41) is 13.4. The van der Waals surface area contributed by atoms with E-state index in [0.29, 0.717) is 11.0 Å². The first-order valence-corrected chi connectivity index (χ1v) is 7.91. The summed E-state index contributed by atoms with van der Waals surface area (Å²) >= 11 is 2.81. The predicted molar refractivity (Wildman–Crippen MR) is 82.1 cm³/mol. The van der Waals surface area contributed by atoms with E-state index in [-0.39, 0.29) is 17.2 Å². The largest absolute Gasteiger partial charge is 0.351 e. The van der Waals surface area contributed by atoms with Crippen LogP contribution in [0, 0.1) is 0 Å². The minimum Gasteiger partial charge on any atom is -0.351 e. The Morgan fingerprint density at radius 3 is 2.85 bits per heavy atom. The Balaban J connectivity index is 2.00. The first kappa shape index (κ1) is 14.9. The quantitative estimate of drug-likeness (QED) is 0.663. The van der Waals surface area contributed by atoms with Gasteiger partial charge in [0.05, 0.1) is 10.6 Å². The molecule has 0 aliphatic carbocycles. The summed E-state index contributed by atoms with van der Waals surface area (Å²) in [6.07, 6.45) is 0. The van der Waals surface area contributed by atoms with Crippen LogP contribution in [0.5, 0.6) is 0 Å². The van der Waals surface area contributed by atoms with E-state index in [4.69, 9.17) is 5.84 Å². The minimum absolute atomic E-state index is 0.0526. The second-order valence-electron chi connectivity index (χ2n) is 5.24. The average molecular weight is 311 g/mol. The molecule has 8 heteroatoms. The number of hydrogen-bond donors (Lipinski definition) is 2. The van der Waals surface area contributed by atoms with Gasteiger partial charge in [0, 0.05) is 5.54 Å². The van der Waals surface area contributed by atoms with Gasteiger partial charge in [-0.15, -0.1) is 21.5 Å². The van der Waals surface area contributed by atoms with Crippen LogP contribution in [0.2, 0.25) is 0 Å². The molecule has 0 saturated carbocycles. The van der Waals surface area contributed by atoms with E-state index in [1.165, 1.54) is 16.4 Å². The average Bonchev–Trinajstić information content (AvgIpc) is 2.93. The van der Waals surface area contributed by atoms with E-state index < -0.39 is 0 Å². The topological polar surface area (TPSA) is 85.8 Å². The number of hydrogen-bond acceptors (Lipinski definition) is 6. The number of amides is 1. The van der Waals surface area contributed by atoms with Gasteiger partial charge in [-0.2, -0.15) is 0 Å². The first-order valence-electron chi connectivity index (χ1n) is 6.05. The SMILES string of the molecule is CC(C)(C)NC(=O)CSc1nnc(-c2cccs2)n1N. The van der Waals surface area contributed by atoms with Crippen LogP contribution in [0.1, 0.15) is 20.8 Å². The van der Waals surface area contributed by atoms with Gasteiger partial charge in [-0.25, -0.2) is 4.68 Å². The lowest BCUT2D eigenvalue weighted by molar-refractivity contribution is -0.119.